The van der Waals surface area contributed by atoms with Gasteiger partial charge in [-0.1, -0.05) is 0 Å². The Kier molecular flexibility index (Phi) is 7.27. The highest BCUT2D eigenvalue weighted by atomic mass is 32.2. The van der Waals surface area contributed by atoms with Crippen LogP contribution in [0.5, 0.6) is 0 Å². The van der Waals surface area contributed by atoms with Gasteiger partial charge in [-0.2, -0.15) is 0 Å². The fourth-order valence-corrected chi connectivity index (χ4v) is 1.69. The number of methoxy groups -OCH3 is 1. The molecule has 7 heteroatoms. The van der Waals surface area contributed by atoms with Crippen molar-refractivity contribution >= 4 is 16.0 Å². The smallest absolute Gasteiger partial charge is 0.306 e. The van der Waals surface area contributed by atoms with E-state index in [2.05, 4.69) is 9.46 Å². The lowest BCUT2D eigenvalue weighted by Crippen LogP contribution is -2.30. The topological polar surface area (TPSA) is 81.7 Å². The van der Waals surface area contributed by atoms with E-state index in [9.17, 15) is 13.2 Å². The lowest BCUT2D eigenvalue weighted by Gasteiger charge is -2.05. The molecule has 1 N–H and O–H groups in total. The molecule has 0 spiro atoms. The number of hydrogen-bond donors (Lipinski definition) is 1. The maximum atomic E-state index is 11.2. The Morgan fingerprint density at radius 1 is 1.40 bits per heavy atom. The molecular weight excluding hydrogens is 222 g/mol. The van der Waals surface area contributed by atoms with Crippen molar-refractivity contribution in [2.75, 3.05) is 32.6 Å². The molecule has 15 heavy (non-hydrogen) atoms. The Labute approximate surface area is 90.0 Å². The molecule has 0 saturated carbocycles. The molecule has 0 aliphatic rings. The van der Waals surface area contributed by atoms with Gasteiger partial charge in [0.25, 0.3) is 0 Å². The molecule has 0 heterocycles. The Morgan fingerprint density at radius 2 is 2.07 bits per heavy atom. The van der Waals surface area contributed by atoms with Crippen LogP contribution in [0.3, 0.4) is 0 Å². The van der Waals surface area contributed by atoms with Gasteiger partial charge < -0.3 is 9.47 Å². The van der Waals surface area contributed by atoms with Gasteiger partial charge in [-0.3, -0.25) is 4.79 Å². The fraction of sp³-hybridized carbons (Fsp3) is 0.875. The van der Waals surface area contributed by atoms with E-state index in [-0.39, 0.29) is 25.3 Å². The van der Waals surface area contributed by atoms with E-state index >= 15 is 0 Å². The molecule has 0 saturated heterocycles. The lowest BCUT2D eigenvalue weighted by molar-refractivity contribution is -0.140. The molecule has 0 unspecified atom stereocenters. The van der Waals surface area contributed by atoms with Crippen molar-refractivity contribution in [2.45, 2.75) is 13.3 Å². The molecule has 0 atom stereocenters. The summed E-state index contributed by atoms with van der Waals surface area (Å²) < 4.78 is 34.0. The van der Waals surface area contributed by atoms with Crippen molar-refractivity contribution in [2.24, 2.45) is 0 Å². The maximum Gasteiger partial charge on any atom is 0.306 e. The maximum absolute atomic E-state index is 11.2. The van der Waals surface area contributed by atoms with E-state index in [1.54, 1.807) is 6.92 Å². The highest BCUT2D eigenvalue weighted by molar-refractivity contribution is 7.89. The average molecular weight is 239 g/mol. The normalized spacial score (nSPS) is 11.3. The molecule has 90 valence electrons. The van der Waals surface area contributed by atoms with Crippen LogP contribution in [0.2, 0.25) is 0 Å². The quantitative estimate of drug-likeness (QED) is 0.456. The third-order valence-electron chi connectivity index (χ3n) is 1.58. The van der Waals surface area contributed by atoms with Crippen LogP contribution in [0.1, 0.15) is 13.3 Å². The van der Waals surface area contributed by atoms with Crippen molar-refractivity contribution in [3.8, 4) is 0 Å². The van der Waals surface area contributed by atoms with Crippen LogP contribution in [0, 0.1) is 0 Å². The van der Waals surface area contributed by atoms with Crippen LogP contribution >= 0.6 is 0 Å². The summed E-state index contributed by atoms with van der Waals surface area (Å²) in [6.45, 7) is 2.49. The zero-order chi connectivity index (χ0) is 11.7. The second kappa shape index (κ2) is 7.61. The van der Waals surface area contributed by atoms with E-state index in [0.717, 1.165) is 0 Å². The second-order valence-corrected chi connectivity index (χ2v) is 4.66. The molecule has 0 aromatic carbocycles. The number of sulfonamides is 1. The number of hydrogen-bond acceptors (Lipinski definition) is 5. The summed E-state index contributed by atoms with van der Waals surface area (Å²) in [5.41, 5.74) is 0. The van der Waals surface area contributed by atoms with Gasteiger partial charge in [0.1, 0.15) is 0 Å². The molecule has 0 aliphatic heterocycles. The first-order valence-electron chi connectivity index (χ1n) is 4.63. The highest BCUT2D eigenvalue weighted by Crippen LogP contribution is 1.88. The molecule has 0 aromatic rings. The number of rotatable bonds is 8. The molecule has 0 radical (unpaired) electrons. The fourth-order valence-electron chi connectivity index (χ4n) is 0.796. The van der Waals surface area contributed by atoms with Gasteiger partial charge in [-0.25, -0.2) is 13.1 Å². The second-order valence-electron chi connectivity index (χ2n) is 2.74. The molecule has 0 fully saturated rings. The van der Waals surface area contributed by atoms with Gasteiger partial charge in [0, 0.05) is 13.2 Å². The monoisotopic (exact) mass is 239 g/mol. The summed E-state index contributed by atoms with van der Waals surface area (Å²) in [4.78, 5) is 10.7. The summed E-state index contributed by atoms with van der Waals surface area (Å²) in [5.74, 6) is -0.537. The molecule has 0 amide bonds. The van der Waals surface area contributed by atoms with Crippen molar-refractivity contribution in [3.05, 3.63) is 0 Å². The SMILES string of the molecule is CCOCCS(=O)(=O)NCCC(=O)OC. The van der Waals surface area contributed by atoms with Crippen molar-refractivity contribution in [1.29, 1.82) is 0 Å². The summed E-state index contributed by atoms with van der Waals surface area (Å²) >= 11 is 0. The van der Waals surface area contributed by atoms with E-state index < -0.39 is 16.0 Å². The molecular formula is C8H17NO5S. The summed E-state index contributed by atoms with van der Waals surface area (Å²) in [7, 11) is -2.08. The van der Waals surface area contributed by atoms with Gasteiger partial charge >= 0.3 is 5.97 Å². The van der Waals surface area contributed by atoms with Gasteiger partial charge in [0.05, 0.1) is 25.9 Å². The Bertz CT molecular complexity index is 275. The molecule has 6 nitrogen and oxygen atoms in total. The van der Waals surface area contributed by atoms with E-state index in [1.807, 2.05) is 0 Å². The number of ether oxygens (including phenoxy) is 2. The summed E-state index contributed by atoms with van der Waals surface area (Å²) in [6, 6.07) is 0. The average Bonchev–Trinajstić information content (AvgIpc) is 2.17. The highest BCUT2D eigenvalue weighted by Gasteiger charge is 2.10. The first-order valence-corrected chi connectivity index (χ1v) is 6.29. The van der Waals surface area contributed by atoms with E-state index in [1.165, 1.54) is 7.11 Å². The minimum absolute atomic E-state index is 0.0321. The lowest BCUT2D eigenvalue weighted by atomic mass is 10.4. The summed E-state index contributed by atoms with van der Waals surface area (Å²) in [5, 5.41) is 0. The Balaban J connectivity index is 3.70. The number of nitrogens with one attached hydrogen (secondary N) is 1. The third kappa shape index (κ3) is 8.34. The van der Waals surface area contributed by atoms with Crippen molar-refractivity contribution in [1.82, 2.24) is 4.72 Å². The number of esters is 1. The zero-order valence-electron chi connectivity index (χ0n) is 8.99. The van der Waals surface area contributed by atoms with Crippen LogP contribution in [0.15, 0.2) is 0 Å². The zero-order valence-corrected chi connectivity index (χ0v) is 9.80. The first kappa shape index (κ1) is 14.3. The van der Waals surface area contributed by atoms with Gasteiger partial charge in [-0.05, 0) is 6.92 Å². The van der Waals surface area contributed by atoms with Gasteiger partial charge in [-0.15, -0.1) is 0 Å². The van der Waals surface area contributed by atoms with Gasteiger partial charge in [0.2, 0.25) is 10.0 Å². The summed E-state index contributed by atoms with van der Waals surface area (Å²) in [6.07, 6.45) is 0.0321. The minimum atomic E-state index is -3.34. The Morgan fingerprint density at radius 3 is 2.60 bits per heavy atom. The molecule has 0 aromatic heterocycles. The molecule has 0 rings (SSSR count). The predicted octanol–water partition coefficient (Wildman–Crippen LogP) is -0.495. The van der Waals surface area contributed by atoms with Crippen LogP contribution in [-0.4, -0.2) is 47.0 Å². The number of carbonyl (C=O) groups excluding carboxylic acids is 1. The first-order chi connectivity index (χ1) is 7.02. The molecule has 0 bridgehead atoms. The number of carbonyl (C=O) groups is 1. The standard InChI is InChI=1S/C8H17NO5S/c1-3-14-6-7-15(11,12)9-5-4-8(10)13-2/h9H,3-7H2,1-2H3. The van der Waals surface area contributed by atoms with E-state index in [4.69, 9.17) is 4.74 Å². The van der Waals surface area contributed by atoms with E-state index in [0.29, 0.717) is 6.61 Å². The van der Waals surface area contributed by atoms with Crippen LogP contribution in [-0.2, 0) is 24.3 Å². The minimum Gasteiger partial charge on any atom is -0.469 e. The van der Waals surface area contributed by atoms with Crippen molar-refractivity contribution < 1.29 is 22.7 Å². The third-order valence-corrected chi connectivity index (χ3v) is 2.93. The molecule has 0 aliphatic carbocycles. The van der Waals surface area contributed by atoms with Crippen molar-refractivity contribution in [3.63, 3.8) is 0 Å². The van der Waals surface area contributed by atoms with Crippen LogP contribution in [0.4, 0.5) is 0 Å². The Hall–Kier alpha value is -0.660. The van der Waals surface area contributed by atoms with Crippen LogP contribution in [0.25, 0.3) is 0 Å². The van der Waals surface area contributed by atoms with Gasteiger partial charge in [0.15, 0.2) is 0 Å². The van der Waals surface area contributed by atoms with Crippen LogP contribution < -0.4 is 4.72 Å². The largest absolute Gasteiger partial charge is 0.469 e. The predicted molar refractivity (Wildman–Crippen MR) is 54.9 cm³/mol.